The van der Waals surface area contributed by atoms with Crippen molar-refractivity contribution in [1.82, 2.24) is 4.98 Å². The zero-order chi connectivity index (χ0) is 12.3. The number of nitrogens with two attached hydrogens (primary N) is 1. The number of amides is 1. The van der Waals surface area contributed by atoms with Crippen LogP contribution in [-0.2, 0) is 4.79 Å². The quantitative estimate of drug-likeness (QED) is 0.844. The Bertz CT molecular complexity index is 539. The Morgan fingerprint density at radius 3 is 3.06 bits per heavy atom. The molecule has 1 heterocycles. The molecule has 0 aliphatic rings. The number of pyridine rings is 1. The number of nitrogens with one attached hydrogen (secondary N) is 1. The number of aromatic nitrogens is 1. The molecule has 4 heteroatoms. The van der Waals surface area contributed by atoms with Crippen molar-refractivity contribution < 1.29 is 4.79 Å². The molecule has 1 aromatic carbocycles. The Morgan fingerprint density at radius 1 is 1.47 bits per heavy atom. The monoisotopic (exact) mass is 229 g/mol. The van der Waals surface area contributed by atoms with Gasteiger partial charge in [0.15, 0.2) is 0 Å². The predicted octanol–water partition coefficient (Wildman–Crippen LogP) is 1.91. The number of carbonyl (C=O) groups is 1. The molecule has 88 valence electrons. The lowest BCUT2D eigenvalue weighted by molar-refractivity contribution is -0.117. The van der Waals surface area contributed by atoms with Crippen LogP contribution >= 0.6 is 0 Å². The number of fused-ring (bicyclic) bond motifs is 1. The van der Waals surface area contributed by atoms with Crippen molar-refractivity contribution in [2.24, 2.45) is 5.73 Å². The zero-order valence-electron chi connectivity index (χ0n) is 9.68. The first-order valence-corrected chi connectivity index (χ1v) is 5.62. The standard InChI is InChI=1S/C13H15N3O/c1-2-11(14)13(17)16-10-5-6-12-9(8-10)4-3-7-15-12/h3-8,11H,2,14H2,1H3,(H,16,17)/t11-/m0/s1. The Morgan fingerprint density at radius 2 is 2.29 bits per heavy atom. The third kappa shape index (κ3) is 2.60. The number of hydrogen-bond donors (Lipinski definition) is 2. The second-order valence-corrected chi connectivity index (χ2v) is 3.91. The van der Waals surface area contributed by atoms with Gasteiger partial charge in [-0.3, -0.25) is 9.78 Å². The van der Waals surface area contributed by atoms with Crippen molar-refractivity contribution in [3.05, 3.63) is 36.5 Å². The van der Waals surface area contributed by atoms with Gasteiger partial charge in [0, 0.05) is 17.3 Å². The fourth-order valence-electron chi connectivity index (χ4n) is 1.57. The van der Waals surface area contributed by atoms with Gasteiger partial charge in [-0.05, 0) is 30.7 Å². The van der Waals surface area contributed by atoms with E-state index in [0.717, 1.165) is 16.6 Å². The highest BCUT2D eigenvalue weighted by molar-refractivity contribution is 5.96. The van der Waals surface area contributed by atoms with Crippen LogP contribution in [-0.4, -0.2) is 16.9 Å². The summed E-state index contributed by atoms with van der Waals surface area (Å²) in [6, 6.07) is 8.96. The van der Waals surface area contributed by atoms with Crippen molar-refractivity contribution in [2.75, 3.05) is 5.32 Å². The lowest BCUT2D eigenvalue weighted by Crippen LogP contribution is -2.34. The molecule has 0 bridgehead atoms. The van der Waals surface area contributed by atoms with Crippen LogP contribution in [0.25, 0.3) is 10.9 Å². The van der Waals surface area contributed by atoms with Gasteiger partial charge in [0.2, 0.25) is 5.91 Å². The fraction of sp³-hybridized carbons (Fsp3) is 0.231. The van der Waals surface area contributed by atoms with E-state index in [1.54, 1.807) is 6.20 Å². The van der Waals surface area contributed by atoms with Gasteiger partial charge >= 0.3 is 0 Å². The molecular formula is C13H15N3O. The third-order valence-corrected chi connectivity index (χ3v) is 2.65. The average Bonchev–Trinajstić information content (AvgIpc) is 2.37. The predicted molar refractivity (Wildman–Crippen MR) is 68.6 cm³/mol. The lowest BCUT2D eigenvalue weighted by Gasteiger charge is -2.10. The Balaban J connectivity index is 2.22. The molecule has 0 spiro atoms. The summed E-state index contributed by atoms with van der Waals surface area (Å²) in [6.45, 7) is 1.88. The summed E-state index contributed by atoms with van der Waals surface area (Å²) in [7, 11) is 0. The van der Waals surface area contributed by atoms with E-state index in [-0.39, 0.29) is 5.91 Å². The molecule has 2 rings (SSSR count). The van der Waals surface area contributed by atoms with E-state index in [2.05, 4.69) is 10.3 Å². The normalized spacial score (nSPS) is 12.4. The van der Waals surface area contributed by atoms with Crippen molar-refractivity contribution in [3.8, 4) is 0 Å². The average molecular weight is 229 g/mol. The van der Waals surface area contributed by atoms with Crippen LogP contribution in [0.5, 0.6) is 0 Å². The fourth-order valence-corrected chi connectivity index (χ4v) is 1.57. The summed E-state index contributed by atoms with van der Waals surface area (Å²) >= 11 is 0. The molecule has 0 aliphatic carbocycles. The molecule has 17 heavy (non-hydrogen) atoms. The highest BCUT2D eigenvalue weighted by Gasteiger charge is 2.10. The minimum atomic E-state index is -0.459. The number of rotatable bonds is 3. The second kappa shape index (κ2) is 4.93. The molecule has 2 aromatic rings. The van der Waals surface area contributed by atoms with Gasteiger partial charge in [0.25, 0.3) is 0 Å². The van der Waals surface area contributed by atoms with Crippen molar-refractivity contribution in [1.29, 1.82) is 0 Å². The van der Waals surface area contributed by atoms with Crippen LogP contribution in [0.1, 0.15) is 13.3 Å². The van der Waals surface area contributed by atoms with Crippen LogP contribution in [0.15, 0.2) is 36.5 Å². The molecule has 1 aromatic heterocycles. The summed E-state index contributed by atoms with van der Waals surface area (Å²) < 4.78 is 0. The molecule has 4 nitrogen and oxygen atoms in total. The maximum atomic E-state index is 11.6. The van der Waals surface area contributed by atoms with Gasteiger partial charge in [-0.1, -0.05) is 13.0 Å². The molecule has 0 saturated carbocycles. The van der Waals surface area contributed by atoms with Gasteiger partial charge in [-0.25, -0.2) is 0 Å². The molecule has 0 fully saturated rings. The molecule has 1 amide bonds. The Labute approximate surface area is 99.8 Å². The van der Waals surface area contributed by atoms with Crippen LogP contribution in [0.3, 0.4) is 0 Å². The highest BCUT2D eigenvalue weighted by Crippen LogP contribution is 2.17. The SMILES string of the molecule is CC[C@H](N)C(=O)Nc1ccc2ncccc2c1. The third-order valence-electron chi connectivity index (χ3n) is 2.65. The van der Waals surface area contributed by atoms with E-state index in [1.165, 1.54) is 0 Å². The number of benzene rings is 1. The summed E-state index contributed by atoms with van der Waals surface area (Å²) in [6.07, 6.45) is 2.37. The van der Waals surface area contributed by atoms with E-state index in [4.69, 9.17) is 5.73 Å². The molecule has 3 N–H and O–H groups in total. The molecular weight excluding hydrogens is 214 g/mol. The molecule has 1 atom stereocenters. The molecule has 0 unspecified atom stereocenters. The maximum absolute atomic E-state index is 11.6. The van der Waals surface area contributed by atoms with Crippen molar-refractivity contribution >= 4 is 22.5 Å². The zero-order valence-corrected chi connectivity index (χ0v) is 9.68. The Hall–Kier alpha value is -1.94. The summed E-state index contributed by atoms with van der Waals surface area (Å²) in [4.78, 5) is 15.8. The second-order valence-electron chi connectivity index (χ2n) is 3.91. The van der Waals surface area contributed by atoms with Crippen LogP contribution < -0.4 is 11.1 Å². The van der Waals surface area contributed by atoms with Gasteiger partial charge in [0.05, 0.1) is 11.6 Å². The van der Waals surface area contributed by atoms with E-state index in [9.17, 15) is 4.79 Å². The smallest absolute Gasteiger partial charge is 0.241 e. The highest BCUT2D eigenvalue weighted by atomic mass is 16.2. The van der Waals surface area contributed by atoms with E-state index < -0.39 is 6.04 Å². The number of anilines is 1. The largest absolute Gasteiger partial charge is 0.325 e. The number of nitrogens with zero attached hydrogens (tertiary/aromatic N) is 1. The minimum Gasteiger partial charge on any atom is -0.325 e. The first kappa shape index (κ1) is 11.5. The van der Waals surface area contributed by atoms with E-state index >= 15 is 0 Å². The Kier molecular flexibility index (Phi) is 3.35. The first-order valence-electron chi connectivity index (χ1n) is 5.62. The molecule has 0 radical (unpaired) electrons. The molecule has 0 saturated heterocycles. The topological polar surface area (TPSA) is 68.0 Å². The van der Waals surface area contributed by atoms with Crippen LogP contribution in [0.4, 0.5) is 5.69 Å². The lowest BCUT2D eigenvalue weighted by atomic mass is 10.2. The van der Waals surface area contributed by atoms with E-state index in [1.807, 2.05) is 37.3 Å². The van der Waals surface area contributed by atoms with Gasteiger partial charge in [-0.15, -0.1) is 0 Å². The molecule has 0 aliphatic heterocycles. The van der Waals surface area contributed by atoms with E-state index in [0.29, 0.717) is 6.42 Å². The van der Waals surface area contributed by atoms with Crippen molar-refractivity contribution in [2.45, 2.75) is 19.4 Å². The number of hydrogen-bond acceptors (Lipinski definition) is 3. The van der Waals surface area contributed by atoms with Gasteiger partial charge in [-0.2, -0.15) is 0 Å². The van der Waals surface area contributed by atoms with Crippen LogP contribution in [0.2, 0.25) is 0 Å². The summed E-state index contributed by atoms with van der Waals surface area (Å²) in [5, 5.41) is 3.79. The van der Waals surface area contributed by atoms with Crippen molar-refractivity contribution in [3.63, 3.8) is 0 Å². The van der Waals surface area contributed by atoms with Crippen LogP contribution in [0, 0.1) is 0 Å². The minimum absolute atomic E-state index is 0.157. The van der Waals surface area contributed by atoms with Gasteiger partial charge < -0.3 is 11.1 Å². The van der Waals surface area contributed by atoms with Gasteiger partial charge in [0.1, 0.15) is 0 Å². The summed E-state index contributed by atoms with van der Waals surface area (Å²) in [5.74, 6) is -0.157. The maximum Gasteiger partial charge on any atom is 0.241 e. The first-order chi connectivity index (χ1) is 8.20. The summed E-state index contributed by atoms with van der Waals surface area (Å²) in [5.41, 5.74) is 7.31. The number of carbonyl (C=O) groups excluding carboxylic acids is 1.